The molecule has 0 spiro atoms. The van der Waals surface area contributed by atoms with Gasteiger partial charge in [0.25, 0.3) is 0 Å². The summed E-state index contributed by atoms with van der Waals surface area (Å²) < 4.78 is 0. The van der Waals surface area contributed by atoms with Crippen LogP contribution < -0.4 is 0 Å². The summed E-state index contributed by atoms with van der Waals surface area (Å²) in [7, 11) is -1.96. The van der Waals surface area contributed by atoms with E-state index < -0.39 is 8.07 Å². The molecular formula is C37H38Si. The number of rotatable bonds is 5. The molecule has 0 radical (unpaired) electrons. The first-order valence-electron chi connectivity index (χ1n) is 14.5. The molecule has 0 bridgehead atoms. The fraction of sp³-hybridized carbons (Fsp3) is 0.297. The van der Waals surface area contributed by atoms with Gasteiger partial charge in [0.1, 0.15) is 8.07 Å². The molecule has 0 heterocycles. The van der Waals surface area contributed by atoms with Gasteiger partial charge in [0.15, 0.2) is 0 Å². The van der Waals surface area contributed by atoms with Crippen LogP contribution in [0.25, 0.3) is 0 Å². The summed E-state index contributed by atoms with van der Waals surface area (Å²) in [5, 5.41) is 3.28. The van der Waals surface area contributed by atoms with Crippen LogP contribution in [-0.4, -0.2) is 8.07 Å². The Bertz CT molecular complexity index is 1530. The van der Waals surface area contributed by atoms with Crippen LogP contribution in [0.3, 0.4) is 0 Å². The zero-order chi connectivity index (χ0) is 26.0. The fourth-order valence-electron chi connectivity index (χ4n) is 7.71. The molecule has 0 aliphatic heterocycles. The molecular weight excluding hydrogens is 472 g/mol. The second kappa shape index (κ2) is 8.95. The molecule has 0 N–H and O–H groups in total. The van der Waals surface area contributed by atoms with Crippen molar-refractivity contribution in [2.75, 3.05) is 0 Å². The highest BCUT2D eigenvalue weighted by Crippen LogP contribution is 2.51. The predicted molar refractivity (Wildman–Crippen MR) is 164 cm³/mol. The van der Waals surface area contributed by atoms with E-state index in [1.807, 2.05) is 0 Å². The normalized spacial score (nSPS) is 26.1. The van der Waals surface area contributed by atoms with Gasteiger partial charge in [-0.2, -0.15) is 0 Å². The van der Waals surface area contributed by atoms with Crippen LogP contribution in [0.5, 0.6) is 0 Å². The molecule has 1 fully saturated rings. The van der Waals surface area contributed by atoms with E-state index in [1.54, 1.807) is 32.7 Å². The first-order chi connectivity index (χ1) is 18.4. The smallest absolute Gasteiger partial charge is 0.0732 e. The SMILES string of the molecule is CC1=CC([Si](C)(C)C2=C3C=C4CCCC4=CC3C(CC(C)c3ccccc3)=C2)=C2C=CC3C=CC=CC3=C12. The third kappa shape index (κ3) is 3.70. The van der Waals surface area contributed by atoms with Crippen LogP contribution in [0.1, 0.15) is 51.0 Å². The summed E-state index contributed by atoms with van der Waals surface area (Å²) in [4.78, 5) is 0. The van der Waals surface area contributed by atoms with Gasteiger partial charge in [-0.1, -0.05) is 122 Å². The lowest BCUT2D eigenvalue weighted by Crippen LogP contribution is -2.32. The third-order valence-electron chi connectivity index (χ3n) is 9.77. The molecule has 190 valence electrons. The maximum absolute atomic E-state index is 2.67. The van der Waals surface area contributed by atoms with E-state index in [2.05, 4.69) is 118 Å². The van der Waals surface area contributed by atoms with E-state index >= 15 is 0 Å². The summed E-state index contributed by atoms with van der Waals surface area (Å²) in [6, 6.07) is 11.1. The Labute approximate surface area is 229 Å². The summed E-state index contributed by atoms with van der Waals surface area (Å²) in [6.45, 7) is 9.95. The van der Waals surface area contributed by atoms with Gasteiger partial charge in [0.05, 0.1) is 0 Å². The van der Waals surface area contributed by atoms with Crippen LogP contribution >= 0.6 is 0 Å². The first kappa shape index (κ1) is 23.9. The molecule has 1 aromatic rings. The van der Waals surface area contributed by atoms with E-state index in [-0.39, 0.29) is 0 Å². The molecule has 1 aromatic carbocycles. The molecule has 0 nitrogen and oxygen atoms in total. The van der Waals surface area contributed by atoms with E-state index in [0.29, 0.717) is 17.8 Å². The lowest BCUT2D eigenvalue weighted by atomic mass is 9.82. The highest BCUT2D eigenvalue weighted by atomic mass is 28.3. The zero-order valence-electron chi connectivity index (χ0n) is 23.2. The van der Waals surface area contributed by atoms with E-state index in [1.165, 1.54) is 47.1 Å². The number of hydrogen-bond donors (Lipinski definition) is 0. The van der Waals surface area contributed by atoms with E-state index in [0.717, 1.165) is 6.42 Å². The molecule has 3 atom stereocenters. The molecule has 6 aliphatic carbocycles. The van der Waals surface area contributed by atoms with Crippen LogP contribution in [0.15, 0.2) is 146 Å². The van der Waals surface area contributed by atoms with Crippen molar-refractivity contribution in [1.29, 1.82) is 0 Å². The second-order valence-electron chi connectivity index (χ2n) is 12.5. The predicted octanol–water partition coefficient (Wildman–Crippen LogP) is 9.74. The monoisotopic (exact) mass is 510 g/mol. The van der Waals surface area contributed by atoms with Crippen molar-refractivity contribution in [3.8, 4) is 0 Å². The number of allylic oxidation sites excluding steroid dienone is 20. The molecule has 0 saturated heterocycles. The Kier molecular flexibility index (Phi) is 5.64. The van der Waals surface area contributed by atoms with Crippen LogP contribution in [-0.2, 0) is 0 Å². The van der Waals surface area contributed by atoms with Gasteiger partial charge in [0.2, 0.25) is 0 Å². The number of benzene rings is 1. The fourth-order valence-corrected chi connectivity index (χ4v) is 11.0. The van der Waals surface area contributed by atoms with Gasteiger partial charge in [-0.15, -0.1) is 0 Å². The minimum atomic E-state index is -1.96. The summed E-state index contributed by atoms with van der Waals surface area (Å²) in [6.07, 6.45) is 29.4. The average Bonchev–Trinajstić information content (AvgIpc) is 3.64. The van der Waals surface area contributed by atoms with E-state index in [9.17, 15) is 0 Å². The van der Waals surface area contributed by atoms with Gasteiger partial charge in [-0.25, -0.2) is 0 Å². The van der Waals surface area contributed by atoms with Crippen LogP contribution in [0.4, 0.5) is 0 Å². The second-order valence-corrected chi connectivity index (χ2v) is 16.9. The van der Waals surface area contributed by atoms with Crippen LogP contribution in [0.2, 0.25) is 13.1 Å². The van der Waals surface area contributed by atoms with Crippen molar-refractivity contribution in [3.63, 3.8) is 0 Å². The Hall–Kier alpha value is -3.16. The summed E-state index contributed by atoms with van der Waals surface area (Å²) >= 11 is 0. The molecule has 7 rings (SSSR count). The minimum Gasteiger partial charge on any atom is -0.0732 e. The Morgan fingerprint density at radius 2 is 1.68 bits per heavy atom. The van der Waals surface area contributed by atoms with Gasteiger partial charge in [-0.3, -0.25) is 0 Å². The van der Waals surface area contributed by atoms with Crippen molar-refractivity contribution in [2.45, 2.75) is 58.5 Å². The standard InChI is InChI=1S/C37H38Si/c1-24(26-11-6-5-7-12-26)19-30-23-36(34-22-29-15-10-14-28(29)21-33(30)34)38(3,4)35-20-25(2)37-31-16-9-8-13-27(31)17-18-32(35)37/h5-9,11-13,16-18,20-24,27,33H,10,14-15,19H2,1-4H3. The lowest BCUT2D eigenvalue weighted by molar-refractivity contribution is 0.704. The topological polar surface area (TPSA) is 0 Å². The van der Waals surface area contributed by atoms with Crippen molar-refractivity contribution in [2.24, 2.45) is 11.8 Å². The maximum atomic E-state index is 2.67. The summed E-state index contributed by atoms with van der Waals surface area (Å²) in [5.41, 5.74) is 13.9. The number of fused-ring (bicyclic) bond motifs is 4. The van der Waals surface area contributed by atoms with Gasteiger partial charge in [0, 0.05) is 11.8 Å². The average molecular weight is 511 g/mol. The lowest BCUT2D eigenvalue weighted by Gasteiger charge is -2.30. The molecule has 0 amide bonds. The number of hydrogen-bond acceptors (Lipinski definition) is 0. The zero-order valence-corrected chi connectivity index (χ0v) is 24.2. The highest BCUT2D eigenvalue weighted by Gasteiger charge is 2.42. The van der Waals surface area contributed by atoms with Gasteiger partial charge >= 0.3 is 0 Å². The third-order valence-corrected chi connectivity index (χ3v) is 13.3. The molecule has 1 saturated carbocycles. The minimum absolute atomic E-state index is 0.420. The Morgan fingerprint density at radius 3 is 2.53 bits per heavy atom. The van der Waals surface area contributed by atoms with Crippen molar-refractivity contribution < 1.29 is 0 Å². The Balaban J connectivity index is 1.33. The van der Waals surface area contributed by atoms with Crippen molar-refractivity contribution >= 4 is 8.07 Å². The molecule has 3 unspecified atom stereocenters. The van der Waals surface area contributed by atoms with Gasteiger partial charge < -0.3 is 0 Å². The van der Waals surface area contributed by atoms with E-state index in [4.69, 9.17) is 0 Å². The Morgan fingerprint density at radius 1 is 0.868 bits per heavy atom. The van der Waals surface area contributed by atoms with Gasteiger partial charge in [-0.05, 0) is 88.3 Å². The highest BCUT2D eigenvalue weighted by molar-refractivity contribution is 6.92. The van der Waals surface area contributed by atoms with Crippen LogP contribution in [0, 0.1) is 11.8 Å². The quantitative estimate of drug-likeness (QED) is 0.346. The van der Waals surface area contributed by atoms with Crippen molar-refractivity contribution in [3.05, 3.63) is 152 Å². The molecule has 6 aliphatic rings. The first-order valence-corrected chi connectivity index (χ1v) is 17.5. The molecule has 0 aromatic heterocycles. The van der Waals surface area contributed by atoms with Crippen molar-refractivity contribution in [1.82, 2.24) is 0 Å². The largest absolute Gasteiger partial charge is 0.113 e. The molecule has 38 heavy (non-hydrogen) atoms. The summed E-state index contributed by atoms with van der Waals surface area (Å²) in [5.74, 6) is 1.41. The molecule has 1 heteroatoms. The maximum Gasteiger partial charge on any atom is 0.113 e.